The van der Waals surface area contributed by atoms with Crippen LogP contribution in [0.1, 0.15) is 0 Å². The third-order valence-corrected chi connectivity index (χ3v) is 3.32. The molecule has 7 heteroatoms. The summed E-state index contributed by atoms with van der Waals surface area (Å²) in [7, 11) is -3.91. The van der Waals surface area contributed by atoms with Crippen LogP contribution in [0.4, 0.5) is 4.39 Å². The molecule has 0 aliphatic carbocycles. The molecule has 4 nitrogen and oxygen atoms in total. The molecule has 1 aromatic rings. The van der Waals surface area contributed by atoms with Gasteiger partial charge in [0.1, 0.15) is 5.82 Å². The van der Waals surface area contributed by atoms with E-state index in [0.29, 0.717) is 0 Å². The molecule has 0 saturated carbocycles. The molecule has 12 heavy (non-hydrogen) atoms. The number of nitrogens with zero attached hydrogens (tertiary/aromatic N) is 1. The molecule has 0 amide bonds. The maximum Gasteiger partial charge on any atom is 0.256 e. The molecule has 0 saturated heterocycles. The van der Waals surface area contributed by atoms with Gasteiger partial charge >= 0.3 is 0 Å². The molecule has 0 unspecified atom stereocenters. The molecule has 1 heterocycles. The van der Waals surface area contributed by atoms with Crippen LogP contribution in [0.5, 0.6) is 0 Å². The monoisotopic (exact) mass is 302 g/mol. The van der Waals surface area contributed by atoms with Gasteiger partial charge in [-0.05, 0) is 28.7 Å². The van der Waals surface area contributed by atoms with E-state index in [-0.39, 0.29) is 3.57 Å². The van der Waals surface area contributed by atoms with Gasteiger partial charge in [-0.2, -0.15) is 0 Å². The Morgan fingerprint density at radius 3 is 2.58 bits per heavy atom. The van der Waals surface area contributed by atoms with Crippen molar-refractivity contribution in [2.75, 3.05) is 0 Å². The van der Waals surface area contributed by atoms with Crippen LogP contribution in [0, 0.1) is 9.39 Å². The maximum absolute atomic E-state index is 12.7. The third kappa shape index (κ3) is 1.90. The van der Waals surface area contributed by atoms with Crippen molar-refractivity contribution in [3.8, 4) is 0 Å². The van der Waals surface area contributed by atoms with E-state index in [1.54, 1.807) is 0 Å². The summed E-state index contributed by atoms with van der Waals surface area (Å²) in [5, 5.41) is 4.34. The van der Waals surface area contributed by atoms with Gasteiger partial charge in [-0.25, -0.2) is 22.9 Å². The first-order valence-electron chi connectivity index (χ1n) is 2.75. The minimum Gasteiger partial charge on any atom is -0.242 e. The molecule has 0 aliphatic rings. The first-order chi connectivity index (χ1) is 5.43. The Kier molecular flexibility index (Phi) is 2.64. The molecule has 0 aliphatic heterocycles. The SMILES string of the molecule is NS(=O)(=O)c1nccc(F)c1I. The second-order valence-electron chi connectivity index (χ2n) is 1.96. The Bertz CT molecular complexity index is 406. The molecule has 66 valence electrons. The lowest BCUT2D eigenvalue weighted by atomic mass is 10.5. The molecule has 0 bridgehead atoms. The number of nitrogens with two attached hydrogens (primary N) is 1. The topological polar surface area (TPSA) is 73.1 Å². The number of halogens is 2. The van der Waals surface area contributed by atoms with Crippen molar-refractivity contribution in [1.29, 1.82) is 0 Å². The highest BCUT2D eigenvalue weighted by Crippen LogP contribution is 2.16. The quantitative estimate of drug-likeness (QED) is 0.767. The summed E-state index contributed by atoms with van der Waals surface area (Å²) in [5.41, 5.74) is 0. The molecule has 2 N–H and O–H groups in total. The first kappa shape index (κ1) is 9.81. The van der Waals surface area contributed by atoms with E-state index in [1.165, 1.54) is 22.6 Å². The zero-order valence-electron chi connectivity index (χ0n) is 5.66. The van der Waals surface area contributed by atoms with Gasteiger partial charge in [0.25, 0.3) is 10.0 Å². The Labute approximate surface area is 82.2 Å². The normalized spacial score (nSPS) is 11.6. The standard InChI is InChI=1S/C5H4FIN2O2S/c6-3-1-2-9-5(4(3)7)12(8,10)11/h1-2H,(H2,8,10,11). The number of pyridine rings is 1. The van der Waals surface area contributed by atoms with Crippen LogP contribution in [-0.4, -0.2) is 13.4 Å². The molecular weight excluding hydrogens is 298 g/mol. The van der Waals surface area contributed by atoms with Gasteiger partial charge in [0, 0.05) is 6.20 Å². The highest BCUT2D eigenvalue weighted by Gasteiger charge is 2.16. The number of sulfonamides is 1. The molecule has 0 spiro atoms. The summed E-state index contributed by atoms with van der Waals surface area (Å²) in [5.74, 6) is -0.644. The van der Waals surface area contributed by atoms with Crippen LogP contribution < -0.4 is 5.14 Å². The summed E-state index contributed by atoms with van der Waals surface area (Å²) < 4.78 is 34.2. The van der Waals surface area contributed by atoms with E-state index in [9.17, 15) is 12.8 Å². The predicted molar refractivity (Wildman–Crippen MR) is 48.3 cm³/mol. The van der Waals surface area contributed by atoms with Gasteiger partial charge in [0.2, 0.25) is 0 Å². The van der Waals surface area contributed by atoms with E-state index >= 15 is 0 Å². The molecule has 0 radical (unpaired) electrons. The lowest BCUT2D eigenvalue weighted by Gasteiger charge is -1.99. The van der Waals surface area contributed by atoms with Gasteiger partial charge in [0.15, 0.2) is 5.03 Å². The highest BCUT2D eigenvalue weighted by atomic mass is 127. The lowest BCUT2D eigenvalue weighted by molar-refractivity contribution is 0.581. The van der Waals surface area contributed by atoms with Gasteiger partial charge in [0.05, 0.1) is 3.57 Å². The summed E-state index contributed by atoms with van der Waals surface area (Å²) in [6.07, 6.45) is 1.05. The average molecular weight is 302 g/mol. The van der Waals surface area contributed by atoms with Crippen LogP contribution in [0.2, 0.25) is 0 Å². The van der Waals surface area contributed by atoms with Gasteiger partial charge in [-0.15, -0.1) is 0 Å². The lowest BCUT2D eigenvalue weighted by Crippen LogP contribution is -2.16. The van der Waals surface area contributed by atoms with Crippen molar-refractivity contribution in [2.45, 2.75) is 5.03 Å². The fourth-order valence-corrected chi connectivity index (χ4v) is 2.40. The summed E-state index contributed by atoms with van der Waals surface area (Å²) in [6, 6.07) is 1.07. The van der Waals surface area contributed by atoms with Crippen molar-refractivity contribution >= 4 is 32.6 Å². The molecule has 1 rings (SSSR count). The fourth-order valence-electron chi connectivity index (χ4n) is 0.601. The smallest absolute Gasteiger partial charge is 0.242 e. The second-order valence-corrected chi connectivity index (χ2v) is 4.51. The summed E-state index contributed by atoms with van der Waals surface area (Å²) in [4.78, 5) is 3.45. The Balaban J connectivity index is 3.47. The van der Waals surface area contributed by atoms with Gasteiger partial charge < -0.3 is 0 Å². The minimum absolute atomic E-state index is 0.0856. The zero-order chi connectivity index (χ0) is 9.35. The van der Waals surface area contributed by atoms with Crippen LogP contribution in [0.15, 0.2) is 17.3 Å². The number of hydrogen-bond donors (Lipinski definition) is 1. The van der Waals surface area contributed by atoms with Crippen molar-refractivity contribution in [2.24, 2.45) is 5.14 Å². The first-order valence-corrected chi connectivity index (χ1v) is 5.38. The molecule has 0 aromatic carbocycles. The van der Waals surface area contributed by atoms with Crippen molar-refractivity contribution in [3.05, 3.63) is 21.7 Å². The fraction of sp³-hybridized carbons (Fsp3) is 0. The maximum atomic E-state index is 12.7. The van der Waals surface area contributed by atoms with E-state index < -0.39 is 20.9 Å². The Hall–Kier alpha value is -0.280. The van der Waals surface area contributed by atoms with E-state index in [4.69, 9.17) is 5.14 Å². The predicted octanol–water partition coefficient (Wildman–Crippen LogP) is 0.473. The summed E-state index contributed by atoms with van der Waals surface area (Å²) >= 11 is 1.53. The highest BCUT2D eigenvalue weighted by molar-refractivity contribution is 14.1. The van der Waals surface area contributed by atoms with Crippen LogP contribution in [0.25, 0.3) is 0 Å². The number of primary sulfonamides is 1. The molecule has 0 fully saturated rings. The zero-order valence-corrected chi connectivity index (χ0v) is 8.63. The number of rotatable bonds is 1. The largest absolute Gasteiger partial charge is 0.256 e. The van der Waals surface area contributed by atoms with E-state index in [1.807, 2.05) is 0 Å². The van der Waals surface area contributed by atoms with Crippen LogP contribution >= 0.6 is 22.6 Å². The Morgan fingerprint density at radius 2 is 2.17 bits per heavy atom. The van der Waals surface area contributed by atoms with E-state index in [0.717, 1.165) is 12.3 Å². The third-order valence-electron chi connectivity index (χ3n) is 1.08. The Morgan fingerprint density at radius 1 is 1.58 bits per heavy atom. The minimum atomic E-state index is -3.91. The van der Waals surface area contributed by atoms with Gasteiger partial charge in [-0.1, -0.05) is 0 Å². The van der Waals surface area contributed by atoms with Gasteiger partial charge in [-0.3, -0.25) is 0 Å². The van der Waals surface area contributed by atoms with Crippen LogP contribution in [-0.2, 0) is 10.0 Å². The molecular formula is C5H4FIN2O2S. The number of aromatic nitrogens is 1. The summed E-state index contributed by atoms with van der Waals surface area (Å²) in [6.45, 7) is 0. The molecule has 1 aromatic heterocycles. The second kappa shape index (κ2) is 3.23. The number of hydrogen-bond acceptors (Lipinski definition) is 3. The van der Waals surface area contributed by atoms with Crippen molar-refractivity contribution in [3.63, 3.8) is 0 Å². The molecule has 0 atom stereocenters. The van der Waals surface area contributed by atoms with Crippen LogP contribution in [0.3, 0.4) is 0 Å². The van der Waals surface area contributed by atoms with Crippen molar-refractivity contribution < 1.29 is 12.8 Å². The average Bonchev–Trinajstić information content (AvgIpc) is 1.92. The van der Waals surface area contributed by atoms with E-state index in [2.05, 4.69) is 4.98 Å². The van der Waals surface area contributed by atoms with Crippen molar-refractivity contribution in [1.82, 2.24) is 4.98 Å².